The molecule has 1 aliphatic rings. The first-order valence-corrected chi connectivity index (χ1v) is 6.25. The summed E-state index contributed by atoms with van der Waals surface area (Å²) < 4.78 is 0. The highest BCUT2D eigenvalue weighted by Crippen LogP contribution is 2.33. The average Bonchev–Trinajstić information content (AvgIpc) is 2.54. The highest BCUT2D eigenvalue weighted by molar-refractivity contribution is 5.76. The van der Waals surface area contributed by atoms with Crippen LogP contribution in [0.15, 0.2) is 24.3 Å². The fourth-order valence-electron chi connectivity index (χ4n) is 2.26. The lowest BCUT2D eigenvalue weighted by Crippen LogP contribution is -2.47. The van der Waals surface area contributed by atoms with Gasteiger partial charge in [0.15, 0.2) is 0 Å². The van der Waals surface area contributed by atoms with Gasteiger partial charge in [0.05, 0.1) is 6.04 Å². The van der Waals surface area contributed by atoms with Gasteiger partial charge in [0.1, 0.15) is 0 Å². The predicted octanol–water partition coefficient (Wildman–Crippen LogP) is 2.28. The largest absolute Gasteiger partial charge is 0.372 e. The van der Waals surface area contributed by atoms with Crippen LogP contribution in [0.4, 0.5) is 10.5 Å². The van der Waals surface area contributed by atoms with Gasteiger partial charge >= 0.3 is 6.03 Å². The van der Waals surface area contributed by atoms with Crippen LogP contribution in [0.3, 0.4) is 0 Å². The van der Waals surface area contributed by atoms with E-state index in [9.17, 15) is 4.79 Å². The number of nitrogens with zero attached hydrogens (tertiary/aromatic N) is 1. The highest BCUT2D eigenvalue weighted by atomic mass is 16.2. The number of anilines is 1. The van der Waals surface area contributed by atoms with Gasteiger partial charge in [-0.2, -0.15) is 0 Å². The number of amides is 2. The molecule has 2 N–H and O–H groups in total. The molecule has 0 aromatic heterocycles. The van der Waals surface area contributed by atoms with Crippen molar-refractivity contribution in [1.82, 2.24) is 10.6 Å². The van der Waals surface area contributed by atoms with E-state index in [2.05, 4.69) is 27.7 Å². The van der Waals surface area contributed by atoms with Gasteiger partial charge in [0.25, 0.3) is 0 Å². The Balaban J connectivity index is 2.07. The molecule has 4 heteroatoms. The minimum atomic E-state index is -0.214. The minimum Gasteiger partial charge on any atom is -0.372 e. The number of urea groups is 1. The molecule has 0 radical (unpaired) electrons. The Bertz CT molecular complexity index is 451. The standard InChI is InChI=1S/C14H21N3O/c1-14(2,3)16-13(18)15-11-9-17(4)12-8-6-5-7-10(11)12/h5-8,11H,9H2,1-4H3,(H2,15,16,18). The van der Waals surface area contributed by atoms with Gasteiger partial charge in [0, 0.05) is 24.8 Å². The van der Waals surface area contributed by atoms with Crippen LogP contribution in [0.1, 0.15) is 32.4 Å². The lowest BCUT2D eigenvalue weighted by Gasteiger charge is -2.23. The third kappa shape index (κ3) is 2.75. The second-order valence-corrected chi connectivity index (χ2v) is 5.84. The van der Waals surface area contributed by atoms with Crippen molar-refractivity contribution in [1.29, 1.82) is 0 Å². The Kier molecular flexibility index (Phi) is 3.20. The SMILES string of the molecule is CN1CC(NC(=O)NC(C)(C)C)c2ccccc21. The van der Waals surface area contributed by atoms with Crippen molar-refractivity contribution in [3.63, 3.8) is 0 Å². The van der Waals surface area contributed by atoms with Gasteiger partial charge < -0.3 is 15.5 Å². The van der Waals surface area contributed by atoms with Crippen LogP contribution in [0, 0.1) is 0 Å². The van der Waals surface area contributed by atoms with Crippen molar-refractivity contribution in [2.75, 3.05) is 18.5 Å². The number of hydrogen-bond acceptors (Lipinski definition) is 2. The molecule has 1 aliphatic heterocycles. The topological polar surface area (TPSA) is 44.4 Å². The molecule has 0 bridgehead atoms. The zero-order chi connectivity index (χ0) is 13.3. The Labute approximate surface area is 108 Å². The number of rotatable bonds is 1. The molecule has 0 aliphatic carbocycles. The van der Waals surface area contributed by atoms with Gasteiger partial charge in [-0.25, -0.2) is 4.79 Å². The van der Waals surface area contributed by atoms with E-state index in [4.69, 9.17) is 0 Å². The van der Waals surface area contributed by atoms with E-state index in [-0.39, 0.29) is 17.6 Å². The molecule has 0 spiro atoms. The van der Waals surface area contributed by atoms with Crippen molar-refractivity contribution < 1.29 is 4.79 Å². The lowest BCUT2D eigenvalue weighted by molar-refractivity contribution is 0.229. The predicted molar refractivity (Wildman–Crippen MR) is 73.9 cm³/mol. The molecule has 4 nitrogen and oxygen atoms in total. The maximum atomic E-state index is 11.9. The molecule has 98 valence electrons. The summed E-state index contributed by atoms with van der Waals surface area (Å²) in [5.41, 5.74) is 2.16. The highest BCUT2D eigenvalue weighted by Gasteiger charge is 2.27. The normalized spacial score (nSPS) is 18.4. The molecule has 0 saturated heterocycles. The summed E-state index contributed by atoms with van der Waals surface area (Å²) in [6.07, 6.45) is 0. The van der Waals surface area contributed by atoms with E-state index in [1.165, 1.54) is 11.3 Å². The number of hydrogen-bond donors (Lipinski definition) is 2. The second-order valence-electron chi connectivity index (χ2n) is 5.84. The zero-order valence-electron chi connectivity index (χ0n) is 11.4. The Morgan fingerprint density at radius 2 is 2.00 bits per heavy atom. The number of para-hydroxylation sites is 1. The Morgan fingerprint density at radius 3 is 2.67 bits per heavy atom. The molecule has 2 rings (SSSR count). The summed E-state index contributed by atoms with van der Waals surface area (Å²) in [5, 5.41) is 5.95. The van der Waals surface area contributed by atoms with E-state index >= 15 is 0 Å². The van der Waals surface area contributed by atoms with Crippen LogP contribution in [0.25, 0.3) is 0 Å². The number of carbonyl (C=O) groups is 1. The monoisotopic (exact) mass is 247 g/mol. The van der Waals surface area contributed by atoms with E-state index in [0.717, 1.165) is 6.54 Å². The molecule has 1 atom stereocenters. The second kappa shape index (κ2) is 4.52. The van der Waals surface area contributed by atoms with Gasteiger partial charge in [-0.1, -0.05) is 18.2 Å². The smallest absolute Gasteiger partial charge is 0.315 e. The van der Waals surface area contributed by atoms with Crippen LogP contribution in [-0.4, -0.2) is 25.2 Å². The van der Waals surface area contributed by atoms with Crippen molar-refractivity contribution >= 4 is 11.7 Å². The van der Waals surface area contributed by atoms with Crippen molar-refractivity contribution in [3.05, 3.63) is 29.8 Å². The van der Waals surface area contributed by atoms with E-state index < -0.39 is 0 Å². The van der Waals surface area contributed by atoms with Crippen LogP contribution < -0.4 is 15.5 Å². The number of likely N-dealkylation sites (N-methyl/N-ethyl adjacent to an activating group) is 1. The summed E-state index contributed by atoms with van der Waals surface area (Å²) in [4.78, 5) is 14.1. The van der Waals surface area contributed by atoms with E-state index in [0.29, 0.717) is 0 Å². The van der Waals surface area contributed by atoms with Crippen LogP contribution in [-0.2, 0) is 0 Å². The minimum absolute atomic E-state index is 0.0635. The summed E-state index contributed by atoms with van der Waals surface area (Å²) in [6, 6.07) is 8.13. The number of nitrogens with one attached hydrogen (secondary N) is 2. The maximum absolute atomic E-state index is 11.9. The lowest BCUT2D eigenvalue weighted by atomic mass is 10.1. The molecule has 1 aromatic carbocycles. The molecule has 2 amide bonds. The van der Waals surface area contributed by atoms with E-state index in [1.807, 2.05) is 40.0 Å². The Hall–Kier alpha value is -1.71. The third-order valence-electron chi connectivity index (χ3n) is 2.97. The molecule has 0 fully saturated rings. The van der Waals surface area contributed by atoms with Crippen molar-refractivity contribution in [2.24, 2.45) is 0 Å². The summed E-state index contributed by atoms with van der Waals surface area (Å²) in [6.45, 7) is 6.74. The first kappa shape index (κ1) is 12.7. The van der Waals surface area contributed by atoms with Gasteiger partial charge in [-0.05, 0) is 32.4 Å². The number of benzene rings is 1. The fraction of sp³-hybridized carbons (Fsp3) is 0.500. The number of fused-ring (bicyclic) bond motifs is 1. The summed E-state index contributed by atoms with van der Waals surface area (Å²) >= 11 is 0. The van der Waals surface area contributed by atoms with Crippen LogP contribution in [0.2, 0.25) is 0 Å². The van der Waals surface area contributed by atoms with Gasteiger partial charge in [0.2, 0.25) is 0 Å². The quantitative estimate of drug-likeness (QED) is 0.799. The average molecular weight is 247 g/mol. The molecule has 1 heterocycles. The summed E-state index contributed by atoms with van der Waals surface area (Å²) in [7, 11) is 2.04. The van der Waals surface area contributed by atoms with Crippen LogP contribution >= 0.6 is 0 Å². The zero-order valence-corrected chi connectivity index (χ0v) is 11.4. The fourth-order valence-corrected chi connectivity index (χ4v) is 2.26. The molecular formula is C14H21N3O. The van der Waals surface area contributed by atoms with Crippen molar-refractivity contribution in [3.8, 4) is 0 Å². The molecule has 1 unspecified atom stereocenters. The first-order valence-electron chi connectivity index (χ1n) is 6.25. The van der Waals surface area contributed by atoms with Gasteiger partial charge in [-0.3, -0.25) is 0 Å². The van der Waals surface area contributed by atoms with Gasteiger partial charge in [-0.15, -0.1) is 0 Å². The Morgan fingerprint density at radius 1 is 1.33 bits per heavy atom. The van der Waals surface area contributed by atoms with Crippen LogP contribution in [0.5, 0.6) is 0 Å². The molecule has 0 saturated carbocycles. The third-order valence-corrected chi connectivity index (χ3v) is 2.97. The first-order chi connectivity index (χ1) is 8.37. The molecule has 18 heavy (non-hydrogen) atoms. The summed E-state index contributed by atoms with van der Waals surface area (Å²) in [5.74, 6) is 0. The van der Waals surface area contributed by atoms with Crippen molar-refractivity contribution in [2.45, 2.75) is 32.4 Å². The molecular weight excluding hydrogens is 226 g/mol. The maximum Gasteiger partial charge on any atom is 0.315 e. The van der Waals surface area contributed by atoms with E-state index in [1.54, 1.807) is 0 Å². The molecule has 1 aromatic rings. The number of carbonyl (C=O) groups excluding carboxylic acids is 1.